The predicted molar refractivity (Wildman–Crippen MR) is 221 cm³/mol. The Hall–Kier alpha value is -5.04. The van der Waals surface area contributed by atoms with Crippen LogP contribution < -0.4 is 14.8 Å². The average Bonchev–Trinajstić information content (AvgIpc) is 3.64. The Morgan fingerprint density at radius 2 is 1.46 bits per heavy atom. The fraction of sp³-hybridized carbons (Fsp3) is 0.386. The van der Waals surface area contributed by atoms with Crippen molar-refractivity contribution in [3.05, 3.63) is 125 Å². The second-order valence-corrected chi connectivity index (χ2v) is 16.9. The minimum atomic E-state index is -3.18. The van der Waals surface area contributed by atoms with E-state index in [2.05, 4.69) is 42.5 Å². The van der Waals surface area contributed by atoms with Gasteiger partial charge in [0.1, 0.15) is 24.7 Å². The number of hydrogen-bond acceptors (Lipinski definition) is 8. The Bertz CT molecular complexity index is 2150. The summed E-state index contributed by atoms with van der Waals surface area (Å²) < 4.78 is 40.6. The molecule has 12 heteroatoms. The van der Waals surface area contributed by atoms with Crippen molar-refractivity contribution in [1.29, 1.82) is 0 Å². The van der Waals surface area contributed by atoms with Crippen molar-refractivity contribution in [3.8, 4) is 28.6 Å². The van der Waals surface area contributed by atoms with Crippen molar-refractivity contribution in [3.63, 3.8) is 0 Å². The van der Waals surface area contributed by atoms with E-state index in [1.165, 1.54) is 6.26 Å². The van der Waals surface area contributed by atoms with Gasteiger partial charge in [-0.05, 0) is 91.6 Å². The summed E-state index contributed by atoms with van der Waals surface area (Å²) in [6.45, 7) is 7.39. The summed E-state index contributed by atoms with van der Waals surface area (Å²) in [5.41, 5.74) is 5.64. The maximum absolute atomic E-state index is 14.1. The molecule has 11 nitrogen and oxygen atoms in total. The molecule has 6 rings (SSSR count). The first-order valence-corrected chi connectivity index (χ1v) is 21.3. The molecule has 0 radical (unpaired) electrons. The number of piperidine rings is 1. The highest BCUT2D eigenvalue weighted by Crippen LogP contribution is 2.40. The number of benzene rings is 4. The van der Waals surface area contributed by atoms with Gasteiger partial charge in [-0.3, -0.25) is 9.36 Å². The minimum absolute atomic E-state index is 0.0991. The van der Waals surface area contributed by atoms with E-state index in [4.69, 9.17) is 14.6 Å². The fourth-order valence-corrected chi connectivity index (χ4v) is 7.96. The zero-order valence-corrected chi connectivity index (χ0v) is 34.0. The van der Waals surface area contributed by atoms with Crippen LogP contribution in [0.4, 0.5) is 0 Å². The number of nitrogens with one attached hydrogen (secondary N) is 1. The van der Waals surface area contributed by atoms with Crippen molar-refractivity contribution in [2.24, 2.45) is 5.92 Å². The van der Waals surface area contributed by atoms with Crippen molar-refractivity contribution in [2.45, 2.75) is 58.7 Å². The molecule has 0 aliphatic carbocycles. The van der Waals surface area contributed by atoms with Gasteiger partial charge < -0.3 is 19.7 Å². The first kappa shape index (κ1) is 40.6. The van der Waals surface area contributed by atoms with Crippen LogP contribution in [0.15, 0.2) is 97.1 Å². The fourth-order valence-electron chi connectivity index (χ4n) is 7.09. The zero-order chi connectivity index (χ0) is 39.7. The molecule has 1 saturated heterocycles. The average molecular weight is 779 g/mol. The molecule has 4 aromatic carbocycles. The van der Waals surface area contributed by atoms with Gasteiger partial charge in [0.25, 0.3) is 5.91 Å². The van der Waals surface area contributed by atoms with Crippen LogP contribution in [0.2, 0.25) is 0 Å². The second-order valence-electron chi connectivity index (χ2n) is 14.9. The van der Waals surface area contributed by atoms with Crippen LogP contribution in [-0.2, 0) is 29.7 Å². The van der Waals surface area contributed by atoms with Crippen LogP contribution in [-0.4, -0.2) is 84.8 Å². The van der Waals surface area contributed by atoms with Crippen LogP contribution >= 0.6 is 0 Å². The molecule has 0 spiro atoms. The Morgan fingerprint density at radius 3 is 2.04 bits per heavy atom. The van der Waals surface area contributed by atoms with Crippen molar-refractivity contribution in [2.75, 3.05) is 46.5 Å². The van der Waals surface area contributed by atoms with E-state index in [0.29, 0.717) is 61.7 Å². The number of hydrogen-bond donors (Lipinski definition) is 1. The highest BCUT2D eigenvalue weighted by molar-refractivity contribution is 7.88. The summed E-state index contributed by atoms with van der Waals surface area (Å²) in [5, 5.41) is 12.4. The number of carbonyl (C=O) groups excluding carboxylic acids is 1. The third-order valence-electron chi connectivity index (χ3n) is 10.3. The quantitative estimate of drug-likeness (QED) is 0.0993. The second kappa shape index (κ2) is 18.7. The predicted octanol–water partition coefficient (Wildman–Crippen LogP) is 7.11. The van der Waals surface area contributed by atoms with E-state index in [-0.39, 0.29) is 17.6 Å². The molecule has 0 atom stereocenters. The Balaban J connectivity index is 1.40. The molecule has 1 N–H and O–H groups in total. The third-order valence-corrected chi connectivity index (χ3v) is 11.6. The molecule has 0 unspecified atom stereocenters. The largest absolute Gasteiger partial charge is 0.488 e. The molecule has 296 valence electrons. The summed E-state index contributed by atoms with van der Waals surface area (Å²) >= 11 is 0. The van der Waals surface area contributed by atoms with E-state index in [9.17, 15) is 13.2 Å². The Labute approximate surface area is 331 Å². The SMILES string of the molecule is CNCCCN(C)C(=O)c1nnc(-c2cc(C(C)C)c(OCc3ccccc3)cc2OCc2ccccc2)n1-c1ccc(CC2CCN(S(C)(=O)=O)CC2)cc1. The highest BCUT2D eigenvalue weighted by atomic mass is 32.2. The standard InChI is InChI=1S/C44H54N6O5S/c1-32(2)38-28-39(41(55-31-36-15-10-7-11-16-36)29-40(38)54-30-35-13-8-6-9-14-35)42-46-47-43(44(51)48(4)24-12-23-45-3)50(42)37-19-17-33(18-20-37)27-34-21-25-49(26-22-34)56(5,52)53/h6-11,13-20,28-29,32,34,45H,12,21-27,30-31H2,1-5H3. The van der Waals surface area contributed by atoms with Gasteiger partial charge in [-0.25, -0.2) is 12.7 Å². The van der Waals surface area contributed by atoms with Gasteiger partial charge in [0.05, 0.1) is 11.8 Å². The smallest absolute Gasteiger partial charge is 0.291 e. The molecular weight excluding hydrogens is 725 g/mol. The monoisotopic (exact) mass is 778 g/mol. The lowest BCUT2D eigenvalue weighted by Crippen LogP contribution is -2.38. The Kier molecular flexibility index (Phi) is 13.6. The van der Waals surface area contributed by atoms with Crippen LogP contribution in [0, 0.1) is 5.92 Å². The number of rotatable bonds is 17. The van der Waals surface area contributed by atoms with E-state index >= 15 is 0 Å². The van der Waals surface area contributed by atoms with Crippen LogP contribution in [0.25, 0.3) is 17.1 Å². The number of amides is 1. The molecule has 0 bridgehead atoms. The molecular formula is C44H54N6O5S. The summed E-state index contributed by atoms with van der Waals surface area (Å²) in [5.74, 6) is 2.22. The number of aromatic nitrogens is 3. The highest BCUT2D eigenvalue weighted by Gasteiger charge is 2.28. The minimum Gasteiger partial charge on any atom is -0.488 e. The molecule has 56 heavy (non-hydrogen) atoms. The van der Waals surface area contributed by atoms with Gasteiger partial charge in [0.2, 0.25) is 15.8 Å². The molecule has 1 aliphatic heterocycles. The summed E-state index contributed by atoms with van der Waals surface area (Å²) in [4.78, 5) is 15.8. The molecule has 1 aliphatic rings. The maximum atomic E-state index is 14.1. The van der Waals surface area contributed by atoms with Crippen LogP contribution in [0.3, 0.4) is 0 Å². The van der Waals surface area contributed by atoms with E-state index in [1.54, 1.807) is 16.3 Å². The maximum Gasteiger partial charge on any atom is 0.291 e. The van der Waals surface area contributed by atoms with Gasteiger partial charge in [0, 0.05) is 38.4 Å². The zero-order valence-electron chi connectivity index (χ0n) is 33.1. The van der Waals surface area contributed by atoms with E-state index in [1.807, 2.05) is 90.5 Å². The summed E-state index contributed by atoms with van der Waals surface area (Å²) in [6.07, 6.45) is 4.54. The first-order chi connectivity index (χ1) is 27.0. The molecule has 1 aromatic heterocycles. The van der Waals surface area contributed by atoms with Gasteiger partial charge in [-0.2, -0.15) is 0 Å². The van der Waals surface area contributed by atoms with Crippen molar-refractivity contribution < 1.29 is 22.7 Å². The summed E-state index contributed by atoms with van der Waals surface area (Å²) in [7, 11) is 0.506. The molecule has 2 heterocycles. The molecule has 5 aromatic rings. The first-order valence-electron chi connectivity index (χ1n) is 19.4. The van der Waals surface area contributed by atoms with Crippen LogP contribution in [0.1, 0.15) is 71.9 Å². The third kappa shape index (κ3) is 10.2. The topological polar surface area (TPSA) is 119 Å². The van der Waals surface area contributed by atoms with Crippen LogP contribution in [0.5, 0.6) is 11.5 Å². The van der Waals surface area contributed by atoms with Gasteiger partial charge in [-0.15, -0.1) is 10.2 Å². The van der Waals surface area contributed by atoms with Crippen molar-refractivity contribution in [1.82, 2.24) is 29.3 Å². The molecule has 1 fully saturated rings. The molecule has 0 saturated carbocycles. The van der Waals surface area contributed by atoms with Gasteiger partial charge >= 0.3 is 0 Å². The lowest BCUT2D eigenvalue weighted by molar-refractivity contribution is 0.0779. The lowest BCUT2D eigenvalue weighted by atomic mass is 9.91. The normalized spacial score (nSPS) is 13.9. The number of nitrogens with zero attached hydrogens (tertiary/aromatic N) is 5. The number of sulfonamides is 1. The van der Waals surface area contributed by atoms with Gasteiger partial charge in [-0.1, -0.05) is 86.6 Å². The Morgan fingerprint density at radius 1 is 0.857 bits per heavy atom. The lowest BCUT2D eigenvalue weighted by Gasteiger charge is -2.30. The molecule has 1 amide bonds. The van der Waals surface area contributed by atoms with Gasteiger partial charge in [0.15, 0.2) is 5.82 Å². The van der Waals surface area contributed by atoms with E-state index < -0.39 is 10.0 Å². The van der Waals surface area contributed by atoms with E-state index in [0.717, 1.165) is 60.2 Å². The number of carbonyl (C=O) groups is 1. The summed E-state index contributed by atoms with van der Waals surface area (Å²) in [6, 6.07) is 32.3. The van der Waals surface area contributed by atoms with Crippen molar-refractivity contribution >= 4 is 15.9 Å². The number of ether oxygens (including phenoxy) is 2.